The number of likely N-dealkylation sites (tertiary alicyclic amines) is 1. The Labute approximate surface area is 222 Å². The van der Waals surface area contributed by atoms with Gasteiger partial charge in [0.15, 0.2) is 11.4 Å². The number of nitrogens with zero attached hydrogens (tertiary/aromatic N) is 5. The first-order chi connectivity index (χ1) is 17.7. The molecule has 2 aromatic rings. The first kappa shape index (κ1) is 26.7. The van der Waals surface area contributed by atoms with Gasteiger partial charge in [0.25, 0.3) is 5.90 Å². The molecule has 10 heteroatoms. The van der Waals surface area contributed by atoms with Gasteiger partial charge in [0.1, 0.15) is 17.8 Å². The number of aliphatic hydroxyl groups is 1. The molecular formula is C27H33ClN6O3. The number of hydrogen-bond acceptors (Lipinski definition) is 7. The zero-order valence-corrected chi connectivity index (χ0v) is 22.6. The molecule has 0 bridgehead atoms. The van der Waals surface area contributed by atoms with Crippen LogP contribution in [0.5, 0.6) is 0 Å². The van der Waals surface area contributed by atoms with E-state index in [4.69, 9.17) is 27.5 Å². The van der Waals surface area contributed by atoms with Crippen molar-refractivity contribution >= 4 is 17.5 Å². The number of H-pyrrole nitrogens is 1. The average molecular weight is 525 g/mol. The first-order valence-corrected chi connectivity index (χ1v) is 12.5. The Morgan fingerprint density at radius 3 is 2.70 bits per heavy atom. The Morgan fingerprint density at radius 2 is 2.11 bits per heavy atom. The van der Waals surface area contributed by atoms with Crippen LogP contribution in [0.25, 0.3) is 0 Å². The second kappa shape index (κ2) is 11.0. The van der Waals surface area contributed by atoms with E-state index < -0.39 is 5.60 Å². The van der Waals surface area contributed by atoms with Crippen LogP contribution < -0.4 is 0 Å². The minimum absolute atomic E-state index is 0.0246. The van der Waals surface area contributed by atoms with Crippen molar-refractivity contribution in [1.82, 2.24) is 24.4 Å². The molecule has 196 valence electrons. The van der Waals surface area contributed by atoms with Crippen LogP contribution in [0.2, 0.25) is 0 Å². The number of terminal acetylenes is 1. The Bertz CT molecular complexity index is 1330. The number of aromatic amines is 1. The lowest BCUT2D eigenvalue weighted by Crippen LogP contribution is -2.37. The van der Waals surface area contributed by atoms with Crippen LogP contribution in [0.1, 0.15) is 42.3 Å². The SMILES string of the molecule is C#C/C(=C\C=C1/CC(Cl)=C(OC2CCCN(C)C2)C(OC)=N1)C(O)(c1cnc(C)[nH]1)c1cnc(C)n1C. The molecule has 0 spiro atoms. The van der Waals surface area contributed by atoms with Gasteiger partial charge in [-0.2, -0.15) is 0 Å². The monoisotopic (exact) mass is 524 g/mol. The zero-order chi connectivity index (χ0) is 26.7. The minimum Gasteiger partial charge on any atom is -0.482 e. The normalized spacial score (nSPS) is 22.0. The van der Waals surface area contributed by atoms with Crippen LogP contribution in [0.4, 0.5) is 0 Å². The second-order valence-corrected chi connectivity index (χ2v) is 9.86. The van der Waals surface area contributed by atoms with Gasteiger partial charge in [-0.25, -0.2) is 15.0 Å². The van der Waals surface area contributed by atoms with Gasteiger partial charge in [0, 0.05) is 25.6 Å². The number of allylic oxidation sites excluding steroid dienone is 3. The fraction of sp³-hybridized carbons (Fsp3) is 0.444. The molecule has 2 aliphatic heterocycles. The summed E-state index contributed by atoms with van der Waals surface area (Å²) in [5.74, 6) is 4.82. The van der Waals surface area contributed by atoms with Crippen LogP contribution in [0.15, 0.2) is 51.6 Å². The van der Waals surface area contributed by atoms with Gasteiger partial charge in [-0.3, -0.25) is 0 Å². The summed E-state index contributed by atoms with van der Waals surface area (Å²) >= 11 is 6.67. The fourth-order valence-corrected chi connectivity index (χ4v) is 4.89. The zero-order valence-electron chi connectivity index (χ0n) is 21.9. The molecule has 2 aliphatic rings. The molecule has 2 aromatic heterocycles. The summed E-state index contributed by atoms with van der Waals surface area (Å²) in [7, 11) is 5.44. The van der Waals surface area contributed by atoms with Gasteiger partial charge >= 0.3 is 0 Å². The number of aryl methyl sites for hydroxylation is 2. The average Bonchev–Trinajstić information content (AvgIpc) is 3.46. The summed E-state index contributed by atoms with van der Waals surface area (Å²) in [6.07, 6.45) is 14.9. The highest BCUT2D eigenvalue weighted by Gasteiger charge is 2.40. The number of ether oxygens (including phenoxy) is 2. The maximum atomic E-state index is 12.1. The molecule has 0 aliphatic carbocycles. The maximum Gasteiger partial charge on any atom is 0.258 e. The van der Waals surface area contributed by atoms with E-state index in [-0.39, 0.29) is 11.7 Å². The summed E-state index contributed by atoms with van der Waals surface area (Å²) in [5, 5.41) is 12.6. The van der Waals surface area contributed by atoms with E-state index in [1.165, 1.54) is 7.11 Å². The number of piperidine rings is 1. The number of aromatic nitrogens is 4. The van der Waals surface area contributed by atoms with E-state index in [1.54, 1.807) is 29.1 Å². The van der Waals surface area contributed by atoms with E-state index in [0.29, 0.717) is 46.0 Å². The minimum atomic E-state index is -1.69. The molecule has 1 fully saturated rings. The van der Waals surface area contributed by atoms with Gasteiger partial charge in [0.2, 0.25) is 0 Å². The van der Waals surface area contributed by atoms with Crippen LogP contribution in [0, 0.1) is 26.2 Å². The summed E-state index contributed by atoms with van der Waals surface area (Å²) in [6.45, 7) is 5.53. The fourth-order valence-electron chi connectivity index (χ4n) is 4.62. The predicted octanol–water partition coefficient (Wildman–Crippen LogP) is 3.45. The predicted molar refractivity (Wildman–Crippen MR) is 143 cm³/mol. The smallest absolute Gasteiger partial charge is 0.258 e. The number of likely N-dealkylation sites (N-methyl/N-ethyl adjacent to an activating group) is 1. The molecule has 0 radical (unpaired) electrons. The molecule has 9 nitrogen and oxygen atoms in total. The molecule has 4 heterocycles. The first-order valence-electron chi connectivity index (χ1n) is 12.2. The molecular weight excluding hydrogens is 492 g/mol. The summed E-state index contributed by atoms with van der Waals surface area (Å²) in [5.41, 5.74) is 0.158. The van der Waals surface area contributed by atoms with Crippen LogP contribution in [-0.4, -0.2) is 68.8 Å². The molecule has 4 rings (SSSR count). The lowest BCUT2D eigenvalue weighted by Gasteiger charge is -2.31. The van der Waals surface area contributed by atoms with Crippen molar-refractivity contribution in [3.63, 3.8) is 0 Å². The molecule has 0 aromatic carbocycles. The lowest BCUT2D eigenvalue weighted by molar-refractivity contribution is 0.0543. The Balaban J connectivity index is 1.68. The third-order valence-electron chi connectivity index (χ3n) is 6.75. The van der Waals surface area contributed by atoms with Crippen LogP contribution in [-0.2, 0) is 22.1 Å². The molecule has 1 saturated heterocycles. The van der Waals surface area contributed by atoms with E-state index in [2.05, 4.69) is 37.8 Å². The number of methoxy groups -OCH3 is 1. The topological polar surface area (TPSA) is 101 Å². The Morgan fingerprint density at radius 1 is 1.32 bits per heavy atom. The maximum absolute atomic E-state index is 12.1. The van der Waals surface area contributed by atoms with Crippen molar-refractivity contribution in [2.45, 2.75) is 44.8 Å². The quantitative estimate of drug-likeness (QED) is 0.561. The molecule has 0 amide bonds. The van der Waals surface area contributed by atoms with Gasteiger partial charge in [-0.1, -0.05) is 17.5 Å². The van der Waals surface area contributed by atoms with Crippen molar-refractivity contribution in [2.24, 2.45) is 12.0 Å². The largest absolute Gasteiger partial charge is 0.482 e. The van der Waals surface area contributed by atoms with Crippen molar-refractivity contribution in [2.75, 3.05) is 27.2 Å². The van der Waals surface area contributed by atoms with Gasteiger partial charge in [0.05, 0.1) is 41.6 Å². The molecule has 37 heavy (non-hydrogen) atoms. The highest BCUT2D eigenvalue weighted by Crippen LogP contribution is 2.36. The Hall–Kier alpha value is -3.32. The van der Waals surface area contributed by atoms with Crippen molar-refractivity contribution in [3.8, 4) is 12.3 Å². The standard InChI is InChI=1S/C27H33ClN6O3/c1-7-19(27(35,23-14-29-17(2)31-23)24-15-30-18(3)34(24)5)10-11-20-13-22(28)25(26(32-20)36-6)37-21-9-8-12-33(4)16-21/h1,10-11,14-15,21,35H,8-9,12-13,16H2,2-6H3,(H,29,31)/b19-10+,20-11+. The number of hydrogen-bond donors (Lipinski definition) is 2. The number of nitrogens with one attached hydrogen (secondary N) is 1. The molecule has 0 saturated carbocycles. The van der Waals surface area contributed by atoms with Crippen molar-refractivity contribution in [3.05, 3.63) is 69.6 Å². The van der Waals surface area contributed by atoms with Crippen LogP contribution >= 0.6 is 11.6 Å². The number of aliphatic imine (C=N–C) groups is 1. The molecule has 2 unspecified atom stereocenters. The van der Waals surface area contributed by atoms with Crippen molar-refractivity contribution < 1.29 is 14.6 Å². The Kier molecular flexibility index (Phi) is 7.93. The third kappa shape index (κ3) is 5.37. The summed E-state index contributed by atoms with van der Waals surface area (Å²) in [4.78, 5) is 18.6. The summed E-state index contributed by atoms with van der Waals surface area (Å²) in [6, 6.07) is 0. The highest BCUT2D eigenvalue weighted by atomic mass is 35.5. The van der Waals surface area contributed by atoms with Gasteiger partial charge < -0.3 is 29.0 Å². The third-order valence-corrected chi connectivity index (χ3v) is 7.06. The van der Waals surface area contributed by atoms with E-state index in [1.807, 2.05) is 20.9 Å². The molecule has 2 N–H and O–H groups in total. The summed E-state index contributed by atoms with van der Waals surface area (Å²) < 4.78 is 13.5. The van der Waals surface area contributed by atoms with E-state index in [9.17, 15) is 5.11 Å². The van der Waals surface area contributed by atoms with Gasteiger partial charge in [-0.05, 0) is 52.4 Å². The number of imidazole rings is 2. The van der Waals surface area contributed by atoms with E-state index in [0.717, 1.165) is 31.8 Å². The number of dihydropyridines is 1. The lowest BCUT2D eigenvalue weighted by atomic mass is 9.87. The molecule has 2 atom stereocenters. The van der Waals surface area contributed by atoms with Crippen LogP contribution in [0.3, 0.4) is 0 Å². The van der Waals surface area contributed by atoms with Crippen molar-refractivity contribution in [1.29, 1.82) is 0 Å². The van der Waals surface area contributed by atoms with E-state index >= 15 is 0 Å². The van der Waals surface area contributed by atoms with Gasteiger partial charge in [-0.15, -0.1) is 6.42 Å². The number of halogens is 1. The second-order valence-electron chi connectivity index (χ2n) is 9.40. The number of rotatable bonds is 6. The highest BCUT2D eigenvalue weighted by molar-refractivity contribution is 6.32.